The van der Waals surface area contributed by atoms with E-state index in [0.29, 0.717) is 17.1 Å². The van der Waals surface area contributed by atoms with Gasteiger partial charge in [0, 0.05) is 6.54 Å². The fourth-order valence-corrected chi connectivity index (χ4v) is 2.33. The van der Waals surface area contributed by atoms with E-state index in [4.69, 9.17) is 5.11 Å². The molecule has 1 aromatic carbocycles. The van der Waals surface area contributed by atoms with Crippen molar-refractivity contribution in [3.05, 3.63) is 52.9 Å². The molecule has 0 spiro atoms. The first-order chi connectivity index (χ1) is 9.16. The summed E-state index contributed by atoms with van der Waals surface area (Å²) in [6.07, 6.45) is -1.18. The Hall–Kier alpha value is -2.34. The van der Waals surface area contributed by atoms with Gasteiger partial charge in [0.1, 0.15) is 5.00 Å². The van der Waals surface area contributed by atoms with Crippen molar-refractivity contribution in [2.45, 2.75) is 6.54 Å². The quantitative estimate of drug-likeness (QED) is 0.803. The van der Waals surface area contributed by atoms with Crippen LogP contribution in [0.15, 0.2) is 41.8 Å². The minimum atomic E-state index is -1.18. The molecule has 6 heteroatoms. The van der Waals surface area contributed by atoms with Crippen LogP contribution < -0.4 is 10.6 Å². The average molecular weight is 276 g/mol. The van der Waals surface area contributed by atoms with E-state index in [1.807, 2.05) is 30.3 Å². The highest BCUT2D eigenvalue weighted by Crippen LogP contribution is 2.23. The summed E-state index contributed by atoms with van der Waals surface area (Å²) in [6.45, 7) is 0.405. The van der Waals surface area contributed by atoms with Gasteiger partial charge in [0.25, 0.3) is 5.91 Å². The van der Waals surface area contributed by atoms with Crippen molar-refractivity contribution in [2.24, 2.45) is 0 Å². The van der Waals surface area contributed by atoms with Crippen molar-refractivity contribution in [2.75, 3.05) is 5.32 Å². The molecule has 0 bridgehead atoms. The summed E-state index contributed by atoms with van der Waals surface area (Å²) >= 11 is 1.18. The smallest absolute Gasteiger partial charge is 0.409 e. The number of hydrogen-bond acceptors (Lipinski definition) is 3. The SMILES string of the molecule is O=C(O)Nc1sccc1C(=O)NCc1ccccc1. The normalized spacial score (nSPS) is 9.89. The first kappa shape index (κ1) is 13.1. The summed E-state index contributed by atoms with van der Waals surface area (Å²) in [5, 5.41) is 15.6. The Morgan fingerprint density at radius 2 is 1.89 bits per heavy atom. The maximum atomic E-state index is 11.9. The van der Waals surface area contributed by atoms with Crippen molar-refractivity contribution < 1.29 is 14.7 Å². The highest BCUT2D eigenvalue weighted by atomic mass is 32.1. The van der Waals surface area contributed by atoms with Crippen LogP contribution in [0.4, 0.5) is 9.80 Å². The van der Waals surface area contributed by atoms with Crippen molar-refractivity contribution in [1.82, 2.24) is 5.32 Å². The summed E-state index contributed by atoms with van der Waals surface area (Å²) < 4.78 is 0. The number of nitrogens with one attached hydrogen (secondary N) is 2. The van der Waals surface area contributed by atoms with Gasteiger partial charge < -0.3 is 10.4 Å². The fraction of sp³-hybridized carbons (Fsp3) is 0.0769. The van der Waals surface area contributed by atoms with Crippen LogP contribution in [-0.2, 0) is 6.54 Å². The third-order valence-corrected chi connectivity index (χ3v) is 3.26. The van der Waals surface area contributed by atoms with Gasteiger partial charge in [-0.2, -0.15) is 0 Å². The first-order valence-corrected chi connectivity index (χ1v) is 6.44. The molecule has 0 radical (unpaired) electrons. The number of amides is 2. The summed E-state index contributed by atoms with van der Waals surface area (Å²) in [5.74, 6) is -0.297. The zero-order valence-corrected chi connectivity index (χ0v) is 10.7. The number of carbonyl (C=O) groups excluding carboxylic acids is 1. The second kappa shape index (κ2) is 6.01. The fourth-order valence-electron chi connectivity index (χ4n) is 1.56. The molecule has 5 nitrogen and oxygen atoms in total. The highest BCUT2D eigenvalue weighted by molar-refractivity contribution is 7.14. The molecule has 0 atom stereocenters. The Balaban J connectivity index is 2.00. The van der Waals surface area contributed by atoms with Crippen LogP contribution in [0.2, 0.25) is 0 Å². The predicted octanol–water partition coefficient (Wildman–Crippen LogP) is 2.77. The zero-order chi connectivity index (χ0) is 13.7. The number of anilines is 1. The Morgan fingerprint density at radius 3 is 2.58 bits per heavy atom. The Kier molecular flexibility index (Phi) is 4.15. The van der Waals surface area contributed by atoms with Gasteiger partial charge in [-0.3, -0.25) is 10.1 Å². The Bertz CT molecular complexity index is 581. The Labute approximate surface area is 113 Å². The molecule has 0 saturated heterocycles. The summed E-state index contributed by atoms with van der Waals surface area (Å²) in [6, 6.07) is 11.1. The lowest BCUT2D eigenvalue weighted by Crippen LogP contribution is -2.23. The number of carboxylic acid groups (broad SMARTS) is 1. The molecule has 19 heavy (non-hydrogen) atoms. The molecule has 3 N–H and O–H groups in total. The standard InChI is InChI=1S/C13H12N2O3S/c16-11(14-8-9-4-2-1-3-5-9)10-6-7-19-12(10)15-13(17)18/h1-7,15H,8H2,(H,14,16)(H,17,18). The van der Waals surface area contributed by atoms with Crippen molar-refractivity contribution in [1.29, 1.82) is 0 Å². The number of rotatable bonds is 4. The highest BCUT2D eigenvalue weighted by Gasteiger charge is 2.14. The van der Waals surface area contributed by atoms with Gasteiger partial charge in [-0.25, -0.2) is 4.79 Å². The van der Waals surface area contributed by atoms with Gasteiger partial charge in [0.15, 0.2) is 0 Å². The summed E-state index contributed by atoms with van der Waals surface area (Å²) in [7, 11) is 0. The molecule has 2 aromatic rings. The minimum absolute atomic E-state index is 0.297. The van der Waals surface area contributed by atoms with E-state index in [0.717, 1.165) is 5.56 Å². The van der Waals surface area contributed by atoms with Crippen LogP contribution in [-0.4, -0.2) is 17.1 Å². The van der Waals surface area contributed by atoms with Gasteiger partial charge in [-0.05, 0) is 17.0 Å². The molecule has 1 heterocycles. The molecular formula is C13H12N2O3S. The minimum Gasteiger partial charge on any atom is -0.465 e. The van der Waals surface area contributed by atoms with Gasteiger partial charge in [-0.15, -0.1) is 11.3 Å². The lowest BCUT2D eigenvalue weighted by Gasteiger charge is -2.06. The zero-order valence-electron chi connectivity index (χ0n) is 9.92. The van der Waals surface area contributed by atoms with Crippen LogP contribution in [0, 0.1) is 0 Å². The molecule has 1 aromatic heterocycles. The van der Waals surface area contributed by atoms with E-state index in [2.05, 4.69) is 10.6 Å². The van der Waals surface area contributed by atoms with Crippen LogP contribution in [0.3, 0.4) is 0 Å². The maximum Gasteiger partial charge on any atom is 0.409 e. The van der Waals surface area contributed by atoms with Gasteiger partial charge in [0.2, 0.25) is 0 Å². The van der Waals surface area contributed by atoms with Crippen molar-refractivity contribution in [3.63, 3.8) is 0 Å². The molecule has 2 rings (SSSR count). The van der Waals surface area contributed by atoms with Crippen LogP contribution in [0.25, 0.3) is 0 Å². The van der Waals surface area contributed by atoms with Crippen molar-refractivity contribution in [3.8, 4) is 0 Å². The van der Waals surface area contributed by atoms with Crippen LogP contribution >= 0.6 is 11.3 Å². The van der Waals surface area contributed by atoms with Gasteiger partial charge in [0.05, 0.1) is 5.56 Å². The van der Waals surface area contributed by atoms with Crippen molar-refractivity contribution >= 4 is 28.3 Å². The van der Waals surface area contributed by atoms with E-state index in [9.17, 15) is 9.59 Å². The van der Waals surface area contributed by atoms with Crippen LogP contribution in [0.1, 0.15) is 15.9 Å². The molecule has 0 fully saturated rings. The number of benzene rings is 1. The molecular weight excluding hydrogens is 264 g/mol. The molecule has 0 aliphatic carbocycles. The molecule has 2 amide bonds. The monoisotopic (exact) mass is 276 g/mol. The maximum absolute atomic E-state index is 11.9. The third kappa shape index (κ3) is 3.56. The predicted molar refractivity (Wildman–Crippen MR) is 73.6 cm³/mol. The van der Waals surface area contributed by atoms with Crippen LogP contribution in [0.5, 0.6) is 0 Å². The largest absolute Gasteiger partial charge is 0.465 e. The number of carbonyl (C=O) groups is 2. The lowest BCUT2D eigenvalue weighted by atomic mass is 10.2. The average Bonchev–Trinajstić information content (AvgIpc) is 2.84. The van der Waals surface area contributed by atoms with E-state index >= 15 is 0 Å². The van der Waals surface area contributed by atoms with E-state index in [1.165, 1.54) is 11.3 Å². The molecule has 0 unspecified atom stereocenters. The topological polar surface area (TPSA) is 78.4 Å². The summed E-state index contributed by atoms with van der Waals surface area (Å²) in [5.41, 5.74) is 1.32. The molecule has 98 valence electrons. The van der Waals surface area contributed by atoms with Gasteiger partial charge in [-0.1, -0.05) is 30.3 Å². The molecule has 0 aliphatic heterocycles. The lowest BCUT2D eigenvalue weighted by molar-refractivity contribution is 0.0952. The number of hydrogen-bond donors (Lipinski definition) is 3. The molecule has 0 aliphatic rings. The third-order valence-electron chi connectivity index (χ3n) is 2.43. The second-order valence-electron chi connectivity index (χ2n) is 3.76. The van der Waals surface area contributed by atoms with E-state index < -0.39 is 6.09 Å². The number of thiophene rings is 1. The molecule has 0 saturated carbocycles. The van der Waals surface area contributed by atoms with Gasteiger partial charge >= 0.3 is 6.09 Å². The Morgan fingerprint density at radius 1 is 1.16 bits per heavy atom. The van der Waals surface area contributed by atoms with E-state index in [-0.39, 0.29) is 5.91 Å². The van der Waals surface area contributed by atoms with E-state index in [1.54, 1.807) is 11.4 Å². The second-order valence-corrected chi connectivity index (χ2v) is 4.68. The first-order valence-electron chi connectivity index (χ1n) is 5.56. The summed E-state index contributed by atoms with van der Waals surface area (Å²) in [4.78, 5) is 22.5.